The van der Waals surface area contributed by atoms with Crippen LogP contribution in [0.4, 0.5) is 0 Å². The minimum atomic E-state index is 0.241. The van der Waals surface area contributed by atoms with Gasteiger partial charge in [0, 0.05) is 44.4 Å². The van der Waals surface area contributed by atoms with Crippen molar-refractivity contribution in [3.8, 4) is 0 Å². The van der Waals surface area contributed by atoms with Crippen LogP contribution in [0.1, 0.15) is 25.3 Å². The van der Waals surface area contributed by atoms with Crippen molar-refractivity contribution >= 4 is 5.78 Å². The van der Waals surface area contributed by atoms with E-state index in [0.29, 0.717) is 12.2 Å². The molecule has 0 N–H and O–H groups in total. The highest BCUT2D eigenvalue weighted by molar-refractivity contribution is 5.82. The molecular formula is C13H18N2O. The molecule has 1 aromatic rings. The van der Waals surface area contributed by atoms with Crippen molar-refractivity contribution in [2.45, 2.75) is 26.3 Å². The number of aromatic nitrogens is 1. The Kier molecular flexibility index (Phi) is 3.67. The number of Topliss-reactive ketones (excluding diaryl/α,β-unsaturated/α-hetero) is 1. The summed E-state index contributed by atoms with van der Waals surface area (Å²) >= 11 is 0. The quantitative estimate of drug-likeness (QED) is 0.776. The Hall–Kier alpha value is -1.22. The van der Waals surface area contributed by atoms with E-state index in [9.17, 15) is 4.79 Å². The SMILES string of the molecule is CCC1CN(Cc2cccnc2)CCC1=O. The molecule has 0 saturated carbocycles. The number of hydrogen-bond acceptors (Lipinski definition) is 3. The van der Waals surface area contributed by atoms with Gasteiger partial charge in [0.15, 0.2) is 0 Å². The molecule has 16 heavy (non-hydrogen) atoms. The number of carbonyl (C=O) groups is 1. The van der Waals surface area contributed by atoms with E-state index in [-0.39, 0.29) is 5.92 Å². The van der Waals surface area contributed by atoms with Crippen molar-refractivity contribution in [3.05, 3.63) is 30.1 Å². The number of likely N-dealkylation sites (tertiary alicyclic amines) is 1. The summed E-state index contributed by atoms with van der Waals surface area (Å²) in [5, 5.41) is 0. The fourth-order valence-corrected chi connectivity index (χ4v) is 2.23. The van der Waals surface area contributed by atoms with E-state index in [1.54, 1.807) is 6.20 Å². The Morgan fingerprint density at radius 3 is 3.12 bits per heavy atom. The van der Waals surface area contributed by atoms with Gasteiger partial charge in [-0.3, -0.25) is 14.7 Å². The number of hydrogen-bond donors (Lipinski definition) is 0. The van der Waals surface area contributed by atoms with E-state index in [2.05, 4.69) is 22.9 Å². The molecule has 0 spiro atoms. The van der Waals surface area contributed by atoms with Crippen LogP contribution in [-0.2, 0) is 11.3 Å². The highest BCUT2D eigenvalue weighted by Crippen LogP contribution is 2.17. The van der Waals surface area contributed by atoms with E-state index in [4.69, 9.17) is 0 Å². The van der Waals surface area contributed by atoms with E-state index < -0.39 is 0 Å². The number of rotatable bonds is 3. The molecule has 86 valence electrons. The number of pyridine rings is 1. The van der Waals surface area contributed by atoms with E-state index in [1.165, 1.54) is 5.56 Å². The maximum atomic E-state index is 11.6. The van der Waals surface area contributed by atoms with Gasteiger partial charge >= 0.3 is 0 Å². The van der Waals surface area contributed by atoms with Crippen LogP contribution in [0, 0.1) is 5.92 Å². The summed E-state index contributed by atoms with van der Waals surface area (Å²) in [5.41, 5.74) is 1.23. The lowest BCUT2D eigenvalue weighted by atomic mass is 9.94. The zero-order chi connectivity index (χ0) is 11.4. The first-order chi connectivity index (χ1) is 7.79. The zero-order valence-electron chi connectivity index (χ0n) is 9.72. The standard InChI is InChI=1S/C13H18N2O/c1-2-12-10-15(7-5-13(12)16)9-11-4-3-6-14-8-11/h3-4,6,8,12H,2,5,7,9-10H2,1H3. The third-order valence-corrected chi connectivity index (χ3v) is 3.23. The molecule has 1 unspecified atom stereocenters. The predicted molar refractivity (Wildman–Crippen MR) is 62.9 cm³/mol. The smallest absolute Gasteiger partial charge is 0.138 e. The minimum absolute atomic E-state index is 0.241. The molecule has 1 aliphatic rings. The number of ketones is 1. The number of carbonyl (C=O) groups excluding carboxylic acids is 1. The molecule has 1 saturated heterocycles. The summed E-state index contributed by atoms with van der Waals surface area (Å²) in [7, 11) is 0. The Morgan fingerprint density at radius 1 is 1.56 bits per heavy atom. The molecule has 2 rings (SSSR count). The topological polar surface area (TPSA) is 33.2 Å². The van der Waals surface area contributed by atoms with Crippen LogP contribution < -0.4 is 0 Å². The molecule has 1 fully saturated rings. The van der Waals surface area contributed by atoms with Gasteiger partial charge in [0.05, 0.1) is 0 Å². The van der Waals surface area contributed by atoms with Crippen LogP contribution in [0.3, 0.4) is 0 Å². The molecule has 0 bridgehead atoms. The Balaban J connectivity index is 1.94. The molecule has 2 heterocycles. The maximum absolute atomic E-state index is 11.6. The third-order valence-electron chi connectivity index (χ3n) is 3.23. The zero-order valence-corrected chi connectivity index (χ0v) is 9.72. The molecular weight excluding hydrogens is 200 g/mol. The molecule has 1 aliphatic heterocycles. The van der Waals surface area contributed by atoms with Gasteiger partial charge in [-0.2, -0.15) is 0 Å². The molecule has 1 atom stereocenters. The molecule has 0 amide bonds. The summed E-state index contributed by atoms with van der Waals surface area (Å²) < 4.78 is 0. The van der Waals surface area contributed by atoms with Crippen molar-refractivity contribution in [2.75, 3.05) is 13.1 Å². The van der Waals surface area contributed by atoms with Gasteiger partial charge in [0.2, 0.25) is 0 Å². The summed E-state index contributed by atoms with van der Waals surface area (Å²) in [4.78, 5) is 18.0. The minimum Gasteiger partial charge on any atom is -0.299 e. The summed E-state index contributed by atoms with van der Waals surface area (Å²) in [6.07, 6.45) is 5.36. The highest BCUT2D eigenvalue weighted by Gasteiger charge is 2.25. The van der Waals surface area contributed by atoms with Crippen LogP contribution in [0.25, 0.3) is 0 Å². The fourth-order valence-electron chi connectivity index (χ4n) is 2.23. The number of piperidine rings is 1. The van der Waals surface area contributed by atoms with Crippen molar-refractivity contribution < 1.29 is 4.79 Å². The Labute approximate surface area is 96.5 Å². The monoisotopic (exact) mass is 218 g/mol. The highest BCUT2D eigenvalue weighted by atomic mass is 16.1. The van der Waals surface area contributed by atoms with Crippen molar-refractivity contribution in [1.82, 2.24) is 9.88 Å². The molecule has 0 aliphatic carbocycles. The normalized spacial score (nSPS) is 22.3. The van der Waals surface area contributed by atoms with Crippen LogP contribution in [0.2, 0.25) is 0 Å². The first-order valence-electron chi connectivity index (χ1n) is 5.93. The lowest BCUT2D eigenvalue weighted by molar-refractivity contribution is -0.126. The second-order valence-electron chi connectivity index (χ2n) is 4.42. The second kappa shape index (κ2) is 5.21. The molecule has 3 heteroatoms. The Morgan fingerprint density at radius 2 is 2.44 bits per heavy atom. The van der Waals surface area contributed by atoms with Crippen LogP contribution in [0.5, 0.6) is 0 Å². The third kappa shape index (κ3) is 2.67. The van der Waals surface area contributed by atoms with Crippen molar-refractivity contribution in [2.24, 2.45) is 5.92 Å². The molecule has 1 aromatic heterocycles. The lowest BCUT2D eigenvalue weighted by Gasteiger charge is -2.31. The van der Waals surface area contributed by atoms with Crippen molar-refractivity contribution in [3.63, 3.8) is 0 Å². The van der Waals surface area contributed by atoms with Gasteiger partial charge in [-0.25, -0.2) is 0 Å². The number of nitrogens with zero attached hydrogens (tertiary/aromatic N) is 2. The summed E-state index contributed by atoms with van der Waals surface area (Å²) in [6.45, 7) is 4.81. The second-order valence-corrected chi connectivity index (χ2v) is 4.42. The average Bonchev–Trinajstić information content (AvgIpc) is 2.33. The summed E-state index contributed by atoms with van der Waals surface area (Å²) in [5.74, 6) is 0.676. The molecule has 0 radical (unpaired) electrons. The Bertz CT molecular complexity index is 350. The van der Waals surface area contributed by atoms with Crippen molar-refractivity contribution in [1.29, 1.82) is 0 Å². The van der Waals surface area contributed by atoms with Gasteiger partial charge in [-0.1, -0.05) is 13.0 Å². The first-order valence-corrected chi connectivity index (χ1v) is 5.93. The van der Waals surface area contributed by atoms with Crippen LogP contribution in [0.15, 0.2) is 24.5 Å². The van der Waals surface area contributed by atoms with Gasteiger partial charge < -0.3 is 0 Å². The molecule has 3 nitrogen and oxygen atoms in total. The van der Waals surface area contributed by atoms with E-state index in [1.807, 2.05) is 12.3 Å². The maximum Gasteiger partial charge on any atom is 0.138 e. The fraction of sp³-hybridized carbons (Fsp3) is 0.538. The largest absolute Gasteiger partial charge is 0.299 e. The van der Waals surface area contributed by atoms with Gasteiger partial charge in [0.25, 0.3) is 0 Å². The first kappa shape index (κ1) is 11.3. The van der Waals surface area contributed by atoms with Gasteiger partial charge in [0.1, 0.15) is 5.78 Å². The molecule has 0 aromatic carbocycles. The van der Waals surface area contributed by atoms with Crippen LogP contribution >= 0.6 is 0 Å². The van der Waals surface area contributed by atoms with E-state index in [0.717, 1.165) is 26.1 Å². The lowest BCUT2D eigenvalue weighted by Crippen LogP contribution is -2.40. The van der Waals surface area contributed by atoms with E-state index >= 15 is 0 Å². The van der Waals surface area contributed by atoms with Gasteiger partial charge in [-0.15, -0.1) is 0 Å². The van der Waals surface area contributed by atoms with Gasteiger partial charge in [-0.05, 0) is 18.1 Å². The predicted octanol–water partition coefficient (Wildman–Crippen LogP) is 1.88. The average molecular weight is 218 g/mol. The van der Waals surface area contributed by atoms with Crippen LogP contribution in [-0.4, -0.2) is 28.8 Å². The summed E-state index contributed by atoms with van der Waals surface area (Å²) in [6, 6.07) is 4.05.